The van der Waals surface area contributed by atoms with Crippen LogP contribution in [0.3, 0.4) is 0 Å². The third-order valence-corrected chi connectivity index (χ3v) is 4.76. The van der Waals surface area contributed by atoms with Crippen molar-refractivity contribution in [3.63, 3.8) is 0 Å². The van der Waals surface area contributed by atoms with E-state index in [0.717, 1.165) is 36.6 Å². The topological polar surface area (TPSA) is 21.3 Å². The van der Waals surface area contributed by atoms with Gasteiger partial charge in [0.2, 0.25) is 0 Å². The molecule has 18 heavy (non-hydrogen) atoms. The average Bonchev–Trinajstić information content (AvgIpc) is 2.36. The highest BCUT2D eigenvalue weighted by molar-refractivity contribution is 8.00. The number of rotatable bonds is 3. The molecule has 1 unspecified atom stereocenters. The molecule has 0 aliphatic carbocycles. The van der Waals surface area contributed by atoms with E-state index in [-0.39, 0.29) is 5.82 Å². The first kappa shape index (κ1) is 12.5. The van der Waals surface area contributed by atoms with Crippen LogP contribution in [0.2, 0.25) is 0 Å². The molecule has 0 amide bonds. The zero-order valence-electron chi connectivity index (χ0n) is 10.3. The molecule has 0 radical (unpaired) electrons. The van der Waals surface area contributed by atoms with Crippen LogP contribution in [0.25, 0.3) is 0 Å². The summed E-state index contributed by atoms with van der Waals surface area (Å²) in [6, 6.07) is 6.02. The monoisotopic (exact) mass is 267 g/mol. The number of piperidine rings is 1. The predicted molar refractivity (Wildman–Crippen MR) is 71.5 cm³/mol. The van der Waals surface area contributed by atoms with Crippen LogP contribution in [0.4, 0.5) is 4.39 Å². The Morgan fingerprint density at radius 3 is 2.78 bits per heavy atom. The van der Waals surface area contributed by atoms with E-state index >= 15 is 0 Å². The molecule has 0 bridgehead atoms. The lowest BCUT2D eigenvalue weighted by atomic mass is 9.97. The van der Waals surface area contributed by atoms with Crippen LogP contribution in [0, 0.1) is 5.82 Å². The molecule has 2 fully saturated rings. The molecule has 2 aliphatic heterocycles. The fourth-order valence-electron chi connectivity index (χ4n) is 2.43. The van der Waals surface area contributed by atoms with Crippen molar-refractivity contribution in [3.8, 4) is 0 Å². The maximum Gasteiger partial charge on any atom is 0.137 e. The summed E-state index contributed by atoms with van der Waals surface area (Å²) in [5.74, 6) is -0.0863. The summed E-state index contributed by atoms with van der Waals surface area (Å²) < 4.78 is 19.1. The van der Waals surface area contributed by atoms with E-state index in [9.17, 15) is 4.39 Å². The molecule has 0 aromatic heterocycles. The van der Waals surface area contributed by atoms with Gasteiger partial charge in [-0.3, -0.25) is 0 Å². The second kappa shape index (κ2) is 5.59. The van der Waals surface area contributed by atoms with E-state index in [1.807, 2.05) is 6.07 Å². The van der Waals surface area contributed by atoms with Crippen LogP contribution in [0.15, 0.2) is 23.1 Å². The predicted octanol–water partition coefficient (Wildman–Crippen LogP) is 3.13. The summed E-state index contributed by atoms with van der Waals surface area (Å²) in [4.78, 5) is 0.753. The van der Waals surface area contributed by atoms with Gasteiger partial charge < -0.3 is 10.1 Å². The van der Waals surface area contributed by atoms with E-state index in [1.54, 1.807) is 17.8 Å². The molecule has 2 nitrogen and oxygen atoms in total. The van der Waals surface area contributed by atoms with Gasteiger partial charge in [0.25, 0.3) is 0 Å². The number of nitrogens with one attached hydrogen (secondary N) is 1. The molecule has 2 aliphatic rings. The van der Waals surface area contributed by atoms with E-state index in [2.05, 4.69) is 11.4 Å². The van der Waals surface area contributed by atoms with Crippen LogP contribution in [-0.4, -0.2) is 25.0 Å². The summed E-state index contributed by atoms with van der Waals surface area (Å²) >= 11 is 1.59. The maximum absolute atomic E-state index is 14.0. The van der Waals surface area contributed by atoms with E-state index in [1.165, 1.54) is 12.8 Å². The number of thioether (sulfide) groups is 1. The zero-order chi connectivity index (χ0) is 12.4. The molecule has 0 saturated carbocycles. The quantitative estimate of drug-likeness (QED) is 0.909. The molecule has 98 valence electrons. The Morgan fingerprint density at radius 2 is 2.17 bits per heavy atom. The van der Waals surface area contributed by atoms with Gasteiger partial charge in [-0.15, -0.1) is 11.8 Å². The number of hydrogen-bond donors (Lipinski definition) is 1. The molecule has 1 aromatic carbocycles. The minimum atomic E-state index is -0.0863. The summed E-state index contributed by atoms with van der Waals surface area (Å²) in [5.41, 5.74) is 1.08. The van der Waals surface area contributed by atoms with Gasteiger partial charge in [0, 0.05) is 10.9 Å². The standard InChI is InChI=1S/C14H18FNOS/c15-12-7-10(13-3-1-2-6-16-13)4-5-14(12)18-11-8-17-9-11/h4-5,7,11,13,16H,1-3,6,8-9H2. The highest BCUT2D eigenvalue weighted by Crippen LogP contribution is 2.32. The molecule has 1 aromatic rings. The Kier molecular flexibility index (Phi) is 3.87. The second-order valence-corrected chi connectivity index (χ2v) is 6.31. The number of hydrogen-bond acceptors (Lipinski definition) is 3. The van der Waals surface area contributed by atoms with Gasteiger partial charge in [0.05, 0.1) is 18.5 Å². The van der Waals surface area contributed by atoms with Crippen LogP contribution in [0.1, 0.15) is 30.9 Å². The Hall–Kier alpha value is -0.580. The van der Waals surface area contributed by atoms with Crippen molar-refractivity contribution in [3.05, 3.63) is 29.6 Å². The van der Waals surface area contributed by atoms with Gasteiger partial charge in [-0.1, -0.05) is 12.5 Å². The highest BCUT2D eigenvalue weighted by Gasteiger charge is 2.22. The Bertz CT molecular complexity index is 416. The highest BCUT2D eigenvalue weighted by atomic mass is 32.2. The lowest BCUT2D eigenvalue weighted by molar-refractivity contribution is 0.0455. The van der Waals surface area contributed by atoms with Crippen molar-refractivity contribution < 1.29 is 9.13 Å². The smallest absolute Gasteiger partial charge is 0.137 e. The van der Waals surface area contributed by atoms with Crippen LogP contribution < -0.4 is 5.32 Å². The molecule has 1 N–H and O–H groups in total. The lowest BCUT2D eigenvalue weighted by Gasteiger charge is -2.26. The lowest BCUT2D eigenvalue weighted by Crippen LogP contribution is -2.30. The van der Waals surface area contributed by atoms with Gasteiger partial charge in [-0.05, 0) is 37.1 Å². The zero-order valence-corrected chi connectivity index (χ0v) is 11.1. The van der Waals surface area contributed by atoms with Crippen LogP contribution in [-0.2, 0) is 4.74 Å². The first-order chi connectivity index (χ1) is 8.83. The van der Waals surface area contributed by atoms with Crippen molar-refractivity contribution in [1.29, 1.82) is 0 Å². The number of halogens is 1. The second-order valence-electron chi connectivity index (χ2n) is 4.97. The van der Waals surface area contributed by atoms with Crippen molar-refractivity contribution in [2.24, 2.45) is 0 Å². The summed E-state index contributed by atoms with van der Waals surface area (Å²) in [5, 5.41) is 3.88. The Labute approximate surface area is 111 Å². The van der Waals surface area contributed by atoms with Gasteiger partial charge >= 0.3 is 0 Å². The largest absolute Gasteiger partial charge is 0.379 e. The van der Waals surface area contributed by atoms with Crippen LogP contribution in [0.5, 0.6) is 0 Å². The summed E-state index contributed by atoms with van der Waals surface area (Å²) in [6.07, 6.45) is 3.58. The molecule has 4 heteroatoms. The first-order valence-electron chi connectivity index (χ1n) is 6.60. The summed E-state index contributed by atoms with van der Waals surface area (Å²) in [7, 11) is 0. The summed E-state index contributed by atoms with van der Waals surface area (Å²) in [6.45, 7) is 2.54. The van der Waals surface area contributed by atoms with Crippen LogP contribution >= 0.6 is 11.8 Å². The molecule has 2 saturated heterocycles. The molecule has 1 atom stereocenters. The van der Waals surface area contributed by atoms with Crippen molar-refractivity contribution in [1.82, 2.24) is 5.32 Å². The molecule has 2 heterocycles. The van der Waals surface area contributed by atoms with Crippen molar-refractivity contribution in [2.75, 3.05) is 19.8 Å². The van der Waals surface area contributed by atoms with E-state index in [0.29, 0.717) is 11.3 Å². The fraction of sp³-hybridized carbons (Fsp3) is 0.571. The normalized spacial score (nSPS) is 24.8. The van der Waals surface area contributed by atoms with Gasteiger partial charge in [-0.25, -0.2) is 4.39 Å². The molecule has 3 rings (SSSR count). The Morgan fingerprint density at radius 1 is 1.28 bits per heavy atom. The average molecular weight is 267 g/mol. The van der Waals surface area contributed by atoms with Crippen molar-refractivity contribution in [2.45, 2.75) is 35.4 Å². The number of benzene rings is 1. The van der Waals surface area contributed by atoms with E-state index in [4.69, 9.17) is 4.74 Å². The third-order valence-electron chi connectivity index (χ3n) is 3.57. The van der Waals surface area contributed by atoms with Crippen molar-refractivity contribution >= 4 is 11.8 Å². The fourth-order valence-corrected chi connectivity index (χ4v) is 3.43. The van der Waals surface area contributed by atoms with Gasteiger partial charge in [-0.2, -0.15) is 0 Å². The molecular weight excluding hydrogens is 249 g/mol. The SMILES string of the molecule is Fc1cc(C2CCCCN2)ccc1SC1COC1. The number of ether oxygens (including phenoxy) is 1. The molecule has 0 spiro atoms. The third kappa shape index (κ3) is 2.71. The van der Waals surface area contributed by atoms with Gasteiger partial charge in [0.1, 0.15) is 5.82 Å². The van der Waals surface area contributed by atoms with E-state index < -0.39 is 0 Å². The first-order valence-corrected chi connectivity index (χ1v) is 7.48. The minimum Gasteiger partial charge on any atom is -0.379 e. The molecular formula is C14H18FNOS. The van der Waals surface area contributed by atoms with Gasteiger partial charge in [0.15, 0.2) is 0 Å². The maximum atomic E-state index is 14.0. The Balaban J connectivity index is 1.70. The minimum absolute atomic E-state index is 0.0863.